The zero-order chi connectivity index (χ0) is 13.6. The van der Waals surface area contributed by atoms with E-state index in [1.54, 1.807) is 6.92 Å². The summed E-state index contributed by atoms with van der Waals surface area (Å²) < 4.78 is 0. The molecule has 0 rings (SSSR count). The van der Waals surface area contributed by atoms with E-state index in [0.717, 1.165) is 0 Å². The molecule has 7 heteroatoms. The maximum absolute atomic E-state index is 11.6. The number of nitrogens with two attached hydrogens (primary N) is 2. The Kier molecular flexibility index (Phi) is 6.19. The largest absolute Gasteiger partial charge is 0.480 e. The summed E-state index contributed by atoms with van der Waals surface area (Å²) in [6, 6.07) is -2.12. The summed E-state index contributed by atoms with van der Waals surface area (Å²) in [5.41, 5.74) is 10.5. The minimum Gasteiger partial charge on any atom is -0.480 e. The van der Waals surface area contributed by atoms with Gasteiger partial charge in [0, 0.05) is 0 Å². The summed E-state index contributed by atoms with van der Waals surface area (Å²) in [6.45, 7) is 3.66. The molecule has 0 aliphatic heterocycles. The fourth-order valence-corrected chi connectivity index (χ4v) is 1.18. The van der Waals surface area contributed by atoms with Crippen molar-refractivity contribution in [2.75, 3.05) is 0 Å². The van der Waals surface area contributed by atoms with Crippen LogP contribution < -0.4 is 16.8 Å². The van der Waals surface area contributed by atoms with Crippen molar-refractivity contribution in [1.29, 1.82) is 0 Å². The van der Waals surface area contributed by atoms with Crippen LogP contribution in [-0.2, 0) is 14.4 Å². The molecule has 0 aliphatic rings. The molecular formula is C10H19N3O4. The Labute approximate surface area is 99.5 Å². The van der Waals surface area contributed by atoms with Crippen molar-refractivity contribution in [3.8, 4) is 0 Å². The molecule has 3 atom stereocenters. The van der Waals surface area contributed by atoms with Gasteiger partial charge >= 0.3 is 5.97 Å². The quantitative estimate of drug-likeness (QED) is 0.447. The number of aliphatic carboxylic acids is 1. The van der Waals surface area contributed by atoms with Gasteiger partial charge in [0.15, 0.2) is 0 Å². The third-order valence-electron chi connectivity index (χ3n) is 2.58. The van der Waals surface area contributed by atoms with E-state index in [1.807, 2.05) is 6.92 Å². The lowest BCUT2D eigenvalue weighted by atomic mass is 9.99. The molecule has 98 valence electrons. The molecular weight excluding hydrogens is 226 g/mol. The Balaban J connectivity index is 4.50. The molecule has 0 heterocycles. The molecule has 17 heavy (non-hydrogen) atoms. The molecule has 0 aromatic carbocycles. The van der Waals surface area contributed by atoms with Crippen LogP contribution in [0.1, 0.15) is 26.7 Å². The summed E-state index contributed by atoms with van der Waals surface area (Å²) in [5, 5.41) is 11.0. The topological polar surface area (TPSA) is 136 Å². The Bertz CT molecular complexity index is 306. The summed E-state index contributed by atoms with van der Waals surface area (Å²) >= 11 is 0. The van der Waals surface area contributed by atoms with Gasteiger partial charge in [-0.1, -0.05) is 20.3 Å². The molecule has 0 aromatic heterocycles. The molecule has 0 radical (unpaired) electrons. The van der Waals surface area contributed by atoms with Gasteiger partial charge in [-0.2, -0.15) is 0 Å². The number of hydrogen-bond acceptors (Lipinski definition) is 4. The van der Waals surface area contributed by atoms with Crippen molar-refractivity contribution < 1.29 is 19.5 Å². The Morgan fingerprint density at radius 1 is 1.35 bits per heavy atom. The first-order valence-corrected chi connectivity index (χ1v) is 5.36. The first-order chi connectivity index (χ1) is 7.79. The maximum atomic E-state index is 11.6. The van der Waals surface area contributed by atoms with Crippen LogP contribution in [-0.4, -0.2) is 35.0 Å². The third-order valence-corrected chi connectivity index (χ3v) is 2.58. The maximum Gasteiger partial charge on any atom is 0.326 e. The van der Waals surface area contributed by atoms with Crippen LogP contribution in [0.5, 0.6) is 0 Å². The van der Waals surface area contributed by atoms with Gasteiger partial charge in [-0.05, 0) is 5.92 Å². The second kappa shape index (κ2) is 6.85. The average molecular weight is 245 g/mol. The van der Waals surface area contributed by atoms with Gasteiger partial charge in [0.2, 0.25) is 11.8 Å². The van der Waals surface area contributed by atoms with Gasteiger partial charge in [-0.15, -0.1) is 0 Å². The SMILES string of the molecule is CCC(C)[C@H](N)C(=O)N[C@@H](CC(N)=O)C(=O)O. The van der Waals surface area contributed by atoms with Gasteiger partial charge < -0.3 is 21.9 Å². The minimum absolute atomic E-state index is 0.0713. The highest BCUT2D eigenvalue weighted by atomic mass is 16.4. The molecule has 0 saturated heterocycles. The van der Waals surface area contributed by atoms with Gasteiger partial charge in [0.1, 0.15) is 6.04 Å². The molecule has 0 aliphatic carbocycles. The fraction of sp³-hybridized carbons (Fsp3) is 0.700. The number of rotatable bonds is 7. The third kappa shape index (κ3) is 5.30. The van der Waals surface area contributed by atoms with E-state index in [4.69, 9.17) is 16.6 Å². The van der Waals surface area contributed by atoms with E-state index >= 15 is 0 Å². The predicted octanol–water partition coefficient (Wildman–Crippen LogP) is -1.20. The number of carboxylic acid groups (broad SMARTS) is 1. The standard InChI is InChI=1S/C10H19N3O4/c1-3-5(2)8(12)9(15)13-6(10(16)17)4-7(11)14/h5-6,8H,3-4,12H2,1-2H3,(H2,11,14)(H,13,15)(H,16,17)/t5?,6-,8-/m0/s1. The van der Waals surface area contributed by atoms with Crippen molar-refractivity contribution in [3.63, 3.8) is 0 Å². The molecule has 1 unspecified atom stereocenters. The van der Waals surface area contributed by atoms with E-state index in [1.165, 1.54) is 0 Å². The van der Waals surface area contributed by atoms with Gasteiger partial charge in [-0.25, -0.2) is 4.79 Å². The van der Waals surface area contributed by atoms with Crippen LogP contribution in [0, 0.1) is 5.92 Å². The lowest BCUT2D eigenvalue weighted by molar-refractivity contribution is -0.143. The highest BCUT2D eigenvalue weighted by Gasteiger charge is 2.26. The molecule has 0 spiro atoms. The zero-order valence-electron chi connectivity index (χ0n) is 9.97. The van der Waals surface area contributed by atoms with E-state index in [-0.39, 0.29) is 5.92 Å². The number of carboxylic acids is 1. The number of carbonyl (C=O) groups excluding carboxylic acids is 2. The van der Waals surface area contributed by atoms with E-state index in [2.05, 4.69) is 5.32 Å². The lowest BCUT2D eigenvalue weighted by Crippen LogP contribution is -2.51. The normalized spacial score (nSPS) is 15.7. The van der Waals surface area contributed by atoms with Crippen molar-refractivity contribution in [1.82, 2.24) is 5.32 Å². The van der Waals surface area contributed by atoms with Crippen LogP contribution in [0.2, 0.25) is 0 Å². The molecule has 6 N–H and O–H groups in total. The van der Waals surface area contributed by atoms with Gasteiger partial charge in [0.05, 0.1) is 12.5 Å². The van der Waals surface area contributed by atoms with Crippen LogP contribution in [0.25, 0.3) is 0 Å². The number of nitrogens with one attached hydrogen (secondary N) is 1. The highest BCUT2D eigenvalue weighted by molar-refractivity contribution is 5.90. The van der Waals surface area contributed by atoms with Crippen LogP contribution >= 0.6 is 0 Å². The fourth-order valence-electron chi connectivity index (χ4n) is 1.18. The van der Waals surface area contributed by atoms with Crippen molar-refractivity contribution >= 4 is 17.8 Å². The monoisotopic (exact) mass is 245 g/mol. The summed E-state index contributed by atoms with van der Waals surface area (Å²) in [4.78, 5) is 33.0. The lowest BCUT2D eigenvalue weighted by Gasteiger charge is -2.20. The van der Waals surface area contributed by atoms with E-state index in [9.17, 15) is 14.4 Å². The first-order valence-electron chi connectivity index (χ1n) is 5.36. The number of primary amides is 1. The molecule has 2 amide bonds. The summed E-state index contributed by atoms with van der Waals surface area (Å²) in [6.07, 6.45) is 0.246. The predicted molar refractivity (Wildman–Crippen MR) is 60.8 cm³/mol. The minimum atomic E-state index is -1.32. The Hall–Kier alpha value is -1.63. The highest BCUT2D eigenvalue weighted by Crippen LogP contribution is 2.05. The number of hydrogen-bond donors (Lipinski definition) is 4. The summed E-state index contributed by atoms with van der Waals surface area (Å²) in [7, 11) is 0. The van der Waals surface area contributed by atoms with Crippen molar-refractivity contribution in [2.24, 2.45) is 17.4 Å². The van der Waals surface area contributed by atoms with Crippen LogP contribution in [0.15, 0.2) is 0 Å². The Morgan fingerprint density at radius 3 is 2.24 bits per heavy atom. The molecule has 0 bridgehead atoms. The second-order valence-corrected chi connectivity index (χ2v) is 3.98. The smallest absolute Gasteiger partial charge is 0.326 e. The first kappa shape index (κ1) is 15.4. The molecule has 0 saturated carbocycles. The van der Waals surface area contributed by atoms with Crippen molar-refractivity contribution in [3.05, 3.63) is 0 Å². The summed E-state index contributed by atoms with van der Waals surface area (Å²) in [5.74, 6) is -2.77. The molecule has 0 aromatic rings. The van der Waals surface area contributed by atoms with E-state index in [0.29, 0.717) is 6.42 Å². The average Bonchev–Trinajstić information content (AvgIpc) is 2.25. The van der Waals surface area contributed by atoms with Crippen LogP contribution in [0.4, 0.5) is 0 Å². The molecule has 0 fully saturated rings. The molecule has 7 nitrogen and oxygen atoms in total. The van der Waals surface area contributed by atoms with E-state index < -0.39 is 36.3 Å². The Morgan fingerprint density at radius 2 is 1.88 bits per heavy atom. The second-order valence-electron chi connectivity index (χ2n) is 3.98. The van der Waals surface area contributed by atoms with Crippen LogP contribution in [0.3, 0.4) is 0 Å². The van der Waals surface area contributed by atoms with Gasteiger partial charge in [-0.3, -0.25) is 9.59 Å². The number of carbonyl (C=O) groups is 3. The van der Waals surface area contributed by atoms with Crippen molar-refractivity contribution in [2.45, 2.75) is 38.8 Å². The number of amides is 2. The van der Waals surface area contributed by atoms with Gasteiger partial charge in [0.25, 0.3) is 0 Å². The zero-order valence-corrected chi connectivity index (χ0v) is 9.97.